The highest BCUT2D eigenvalue weighted by molar-refractivity contribution is 5.99. The molecule has 5 nitrogen and oxygen atoms in total. The summed E-state index contributed by atoms with van der Waals surface area (Å²) in [6.07, 6.45) is 3.11. The van der Waals surface area contributed by atoms with Gasteiger partial charge in [-0.2, -0.15) is 5.10 Å². The number of nitrogens with zero attached hydrogens (tertiary/aromatic N) is 2. The molecule has 0 spiro atoms. The Balaban J connectivity index is 1.82. The second-order valence-corrected chi connectivity index (χ2v) is 8.75. The fourth-order valence-electron chi connectivity index (χ4n) is 4.87. The van der Waals surface area contributed by atoms with E-state index in [4.69, 9.17) is 0 Å². The quantitative estimate of drug-likeness (QED) is 0.460. The molecule has 0 bridgehead atoms. The summed E-state index contributed by atoms with van der Waals surface area (Å²) in [7, 11) is 0. The number of hydrogen-bond acceptors (Lipinski definition) is 2. The Morgan fingerprint density at radius 3 is 2.70 bits per heavy atom. The van der Waals surface area contributed by atoms with Gasteiger partial charge >= 0.3 is 5.97 Å². The highest BCUT2D eigenvalue weighted by atomic mass is 19.1. The zero-order chi connectivity index (χ0) is 21.2. The molecule has 2 aromatic heterocycles. The van der Waals surface area contributed by atoms with Crippen LogP contribution in [0.5, 0.6) is 0 Å². The zero-order valence-electron chi connectivity index (χ0n) is 17.2. The summed E-state index contributed by atoms with van der Waals surface area (Å²) in [5.41, 5.74) is 5.92. The summed E-state index contributed by atoms with van der Waals surface area (Å²) in [5, 5.41) is 18.7. The predicted octanol–water partition coefficient (Wildman–Crippen LogP) is 5.66. The van der Waals surface area contributed by atoms with E-state index >= 15 is 0 Å². The molecule has 1 aliphatic carbocycles. The molecular formula is C24H24FN3O2. The number of H-pyrrole nitrogens is 1. The molecule has 6 heteroatoms. The third-order valence-corrected chi connectivity index (χ3v) is 6.45. The molecular weight excluding hydrogens is 381 g/mol. The first-order chi connectivity index (χ1) is 14.3. The van der Waals surface area contributed by atoms with Gasteiger partial charge < -0.3 is 9.67 Å². The van der Waals surface area contributed by atoms with Gasteiger partial charge in [0.1, 0.15) is 5.82 Å². The summed E-state index contributed by atoms with van der Waals surface area (Å²) in [4.78, 5) is 11.4. The van der Waals surface area contributed by atoms with E-state index in [9.17, 15) is 14.3 Å². The number of benzene rings is 2. The number of carboxylic acids is 1. The van der Waals surface area contributed by atoms with Crippen molar-refractivity contribution in [2.45, 2.75) is 45.4 Å². The van der Waals surface area contributed by atoms with Crippen molar-refractivity contribution in [3.63, 3.8) is 0 Å². The first-order valence-electron chi connectivity index (χ1n) is 10.4. The van der Waals surface area contributed by atoms with Gasteiger partial charge in [-0.15, -0.1) is 0 Å². The minimum atomic E-state index is -0.716. The lowest BCUT2D eigenvalue weighted by atomic mass is 9.70. The molecule has 2 N–H and O–H groups in total. The highest BCUT2D eigenvalue weighted by Crippen LogP contribution is 2.49. The number of aryl methyl sites for hydroxylation is 1. The van der Waals surface area contributed by atoms with Crippen LogP contribution in [0.4, 0.5) is 4.39 Å². The van der Waals surface area contributed by atoms with Crippen molar-refractivity contribution < 1.29 is 14.3 Å². The van der Waals surface area contributed by atoms with Gasteiger partial charge in [0.25, 0.3) is 0 Å². The van der Waals surface area contributed by atoms with Crippen LogP contribution in [0.15, 0.2) is 36.5 Å². The molecule has 154 valence electrons. The van der Waals surface area contributed by atoms with Crippen LogP contribution in [-0.2, 0) is 4.79 Å². The Morgan fingerprint density at radius 1 is 1.27 bits per heavy atom. The largest absolute Gasteiger partial charge is 0.481 e. The van der Waals surface area contributed by atoms with Crippen molar-refractivity contribution in [1.82, 2.24) is 14.8 Å². The summed E-state index contributed by atoms with van der Waals surface area (Å²) >= 11 is 0. The molecule has 1 fully saturated rings. The molecule has 0 atom stereocenters. The van der Waals surface area contributed by atoms with Crippen molar-refractivity contribution in [3.8, 4) is 5.69 Å². The topological polar surface area (TPSA) is 70.9 Å². The Labute approximate surface area is 173 Å². The molecule has 1 saturated carbocycles. The van der Waals surface area contributed by atoms with Crippen molar-refractivity contribution in [2.24, 2.45) is 5.92 Å². The van der Waals surface area contributed by atoms with Gasteiger partial charge in [-0.25, -0.2) is 4.39 Å². The Kier molecular flexibility index (Phi) is 4.20. The van der Waals surface area contributed by atoms with Gasteiger partial charge in [0.05, 0.1) is 23.1 Å². The maximum Gasteiger partial charge on any atom is 0.306 e. The Bertz CT molecular complexity index is 1300. The maximum absolute atomic E-state index is 14.0. The average molecular weight is 405 g/mol. The fraction of sp³-hybridized carbons (Fsp3) is 0.333. The molecule has 2 aromatic carbocycles. The van der Waals surface area contributed by atoms with Crippen LogP contribution in [0.1, 0.15) is 55.3 Å². The normalized spacial score (nSPS) is 19.0. The number of aromatic nitrogens is 3. The van der Waals surface area contributed by atoms with E-state index in [2.05, 4.69) is 40.7 Å². The third kappa shape index (κ3) is 2.74. The highest BCUT2D eigenvalue weighted by Gasteiger charge is 2.39. The minimum Gasteiger partial charge on any atom is -0.481 e. The number of carboxylic acid groups (broad SMARTS) is 1. The van der Waals surface area contributed by atoms with E-state index < -0.39 is 5.97 Å². The van der Waals surface area contributed by atoms with Crippen LogP contribution >= 0.6 is 0 Å². The number of rotatable bonds is 4. The van der Waals surface area contributed by atoms with Gasteiger partial charge in [-0.1, -0.05) is 13.8 Å². The second-order valence-electron chi connectivity index (χ2n) is 8.75. The molecule has 0 unspecified atom stereocenters. The van der Waals surface area contributed by atoms with Gasteiger partial charge in [0.2, 0.25) is 0 Å². The fourth-order valence-corrected chi connectivity index (χ4v) is 4.87. The number of fused-ring (bicyclic) bond motifs is 2. The maximum atomic E-state index is 14.0. The standard InChI is InChI=1S/C24H24FN3O2/c1-12(2)23-22(14-7-15(8-14)24(29)30)18-10-20-16(11-26-27-20)9-21(18)28(23)17-4-5-19(25)13(3)6-17/h4-6,9-12,14-15H,7-8H2,1-3H3,(H,26,27)(H,29,30). The van der Waals surface area contributed by atoms with Crippen molar-refractivity contribution in [1.29, 1.82) is 0 Å². The number of carbonyl (C=O) groups is 1. The van der Waals surface area contributed by atoms with E-state index in [1.807, 2.05) is 12.1 Å². The van der Waals surface area contributed by atoms with Crippen LogP contribution in [0, 0.1) is 18.7 Å². The van der Waals surface area contributed by atoms with E-state index in [0.717, 1.165) is 27.5 Å². The number of nitrogens with one attached hydrogen (secondary N) is 1. The average Bonchev–Trinajstić information content (AvgIpc) is 3.23. The molecule has 0 saturated heterocycles. The first-order valence-corrected chi connectivity index (χ1v) is 10.4. The van der Waals surface area contributed by atoms with Crippen LogP contribution in [0.3, 0.4) is 0 Å². The molecule has 5 rings (SSSR count). The van der Waals surface area contributed by atoms with Crippen LogP contribution < -0.4 is 0 Å². The molecule has 0 radical (unpaired) electrons. The number of hydrogen-bond donors (Lipinski definition) is 2. The predicted molar refractivity (Wildman–Crippen MR) is 115 cm³/mol. The summed E-state index contributed by atoms with van der Waals surface area (Å²) in [6, 6.07) is 9.46. The smallest absolute Gasteiger partial charge is 0.306 e. The van der Waals surface area contributed by atoms with E-state index in [-0.39, 0.29) is 23.6 Å². The Morgan fingerprint density at radius 2 is 2.03 bits per heavy atom. The molecule has 4 aromatic rings. The first kappa shape index (κ1) is 18.9. The number of aliphatic carboxylic acids is 1. The van der Waals surface area contributed by atoms with Crippen molar-refractivity contribution >= 4 is 27.8 Å². The third-order valence-electron chi connectivity index (χ3n) is 6.45. The van der Waals surface area contributed by atoms with Gasteiger partial charge in [0, 0.05) is 22.2 Å². The van der Waals surface area contributed by atoms with Crippen LogP contribution in [-0.4, -0.2) is 25.8 Å². The van der Waals surface area contributed by atoms with E-state index in [1.54, 1.807) is 13.1 Å². The van der Waals surface area contributed by atoms with Gasteiger partial charge in [-0.3, -0.25) is 9.89 Å². The lowest BCUT2D eigenvalue weighted by Crippen LogP contribution is -2.29. The molecule has 2 heterocycles. The van der Waals surface area contributed by atoms with Gasteiger partial charge in [0.15, 0.2) is 0 Å². The van der Waals surface area contributed by atoms with Crippen molar-refractivity contribution in [2.75, 3.05) is 0 Å². The summed E-state index contributed by atoms with van der Waals surface area (Å²) in [5.74, 6) is -0.794. The molecule has 30 heavy (non-hydrogen) atoms. The van der Waals surface area contributed by atoms with Crippen LogP contribution in [0.2, 0.25) is 0 Å². The minimum absolute atomic E-state index is 0.203. The SMILES string of the molecule is Cc1cc(-n2c(C(C)C)c(C3CC(C(=O)O)C3)c3cc4[nH]ncc4cc32)ccc1F. The summed E-state index contributed by atoms with van der Waals surface area (Å²) < 4.78 is 16.2. The van der Waals surface area contributed by atoms with Gasteiger partial charge in [-0.05, 0) is 73.1 Å². The lowest BCUT2D eigenvalue weighted by Gasteiger charge is -2.34. The molecule has 1 aliphatic rings. The van der Waals surface area contributed by atoms with E-state index in [0.29, 0.717) is 18.4 Å². The lowest BCUT2D eigenvalue weighted by molar-refractivity contribution is -0.145. The summed E-state index contributed by atoms with van der Waals surface area (Å²) in [6.45, 7) is 6.09. The molecule has 0 amide bonds. The van der Waals surface area contributed by atoms with Crippen molar-refractivity contribution in [3.05, 3.63) is 59.2 Å². The van der Waals surface area contributed by atoms with Crippen LogP contribution in [0.25, 0.3) is 27.5 Å². The second kappa shape index (κ2) is 6.69. The zero-order valence-corrected chi connectivity index (χ0v) is 17.2. The number of halogens is 1. The Hall–Kier alpha value is -3.15. The van der Waals surface area contributed by atoms with E-state index in [1.165, 1.54) is 17.3 Å². The monoisotopic (exact) mass is 405 g/mol. The molecule has 0 aliphatic heterocycles. The number of aromatic amines is 1.